The molecule has 0 radical (unpaired) electrons. The molecule has 37 heavy (non-hydrogen) atoms. The highest BCUT2D eigenvalue weighted by Crippen LogP contribution is 2.35. The van der Waals surface area contributed by atoms with E-state index < -0.39 is 72.0 Å². The quantitative estimate of drug-likeness (QED) is 0.405. The van der Waals surface area contributed by atoms with Crippen LogP contribution in [0.1, 0.15) is 32.6 Å². The van der Waals surface area contributed by atoms with Crippen LogP contribution in [0.15, 0.2) is 40.1 Å². The zero-order valence-electron chi connectivity index (χ0n) is 20.1. The number of rotatable bonds is 6. The molecule has 1 fully saturated rings. The molecule has 0 spiro atoms. The average molecular weight is 528 g/mol. The van der Waals surface area contributed by atoms with Gasteiger partial charge in [0.2, 0.25) is 0 Å². The number of hydrogen-bond acceptors (Lipinski definition) is 9. The number of ether oxygens (including phenoxy) is 4. The molecule has 1 aliphatic heterocycles. The first-order chi connectivity index (χ1) is 17.2. The summed E-state index contributed by atoms with van der Waals surface area (Å²) in [6.45, 7) is 2.81. The standard InChI is InChI=1S/C23H23F3N2O9/c1-11(29)34-10-17-18(35-12(2)30)19(36-13(3)31)21(37-17)28-9-16(20(32)27(4)22(28)33)14-6-5-7-15(8-14)23(24,25)26/h5-9,17-19,21H,10H2,1-4H3/t17-,18-,19-,21-/m1/s1. The number of halogens is 3. The summed E-state index contributed by atoms with van der Waals surface area (Å²) >= 11 is 0. The highest BCUT2D eigenvalue weighted by Gasteiger charge is 2.51. The first-order valence-corrected chi connectivity index (χ1v) is 10.8. The lowest BCUT2D eigenvalue weighted by Crippen LogP contribution is -2.44. The first-order valence-electron chi connectivity index (χ1n) is 10.8. The maximum absolute atomic E-state index is 13.3. The van der Waals surface area contributed by atoms with Crippen molar-refractivity contribution in [3.8, 4) is 11.1 Å². The van der Waals surface area contributed by atoms with Crippen molar-refractivity contribution in [1.82, 2.24) is 9.13 Å². The van der Waals surface area contributed by atoms with Crippen LogP contribution in [0.2, 0.25) is 0 Å². The monoisotopic (exact) mass is 528 g/mol. The molecule has 1 saturated heterocycles. The van der Waals surface area contributed by atoms with E-state index in [0.29, 0.717) is 4.57 Å². The van der Waals surface area contributed by atoms with Gasteiger partial charge in [-0.2, -0.15) is 13.2 Å². The lowest BCUT2D eigenvalue weighted by atomic mass is 10.0. The average Bonchev–Trinajstić information content (AvgIpc) is 3.11. The van der Waals surface area contributed by atoms with Gasteiger partial charge in [0.25, 0.3) is 5.56 Å². The molecule has 0 aliphatic carbocycles. The van der Waals surface area contributed by atoms with Gasteiger partial charge in [0, 0.05) is 34.0 Å². The van der Waals surface area contributed by atoms with Crippen LogP contribution < -0.4 is 11.2 Å². The minimum Gasteiger partial charge on any atom is -0.463 e. The Hall–Kier alpha value is -3.94. The second-order valence-corrected chi connectivity index (χ2v) is 8.19. The molecule has 0 amide bonds. The summed E-state index contributed by atoms with van der Waals surface area (Å²) in [5.74, 6) is -2.32. The Bertz CT molecular complexity index is 1330. The Morgan fingerprint density at radius 2 is 1.62 bits per heavy atom. The minimum absolute atomic E-state index is 0.140. The van der Waals surface area contributed by atoms with E-state index in [4.69, 9.17) is 18.9 Å². The zero-order chi connectivity index (χ0) is 27.7. The number of nitrogens with zero attached hydrogens (tertiary/aromatic N) is 2. The summed E-state index contributed by atoms with van der Waals surface area (Å²) in [6.07, 6.45) is -9.17. The van der Waals surface area contributed by atoms with E-state index in [1.807, 2.05) is 0 Å². The van der Waals surface area contributed by atoms with Crippen molar-refractivity contribution < 1.29 is 46.5 Å². The molecule has 1 aliphatic rings. The van der Waals surface area contributed by atoms with E-state index in [-0.39, 0.29) is 11.1 Å². The van der Waals surface area contributed by atoms with Gasteiger partial charge in [0.05, 0.1) is 11.1 Å². The van der Waals surface area contributed by atoms with E-state index in [1.54, 1.807) is 0 Å². The van der Waals surface area contributed by atoms with Gasteiger partial charge in [-0.1, -0.05) is 12.1 Å². The van der Waals surface area contributed by atoms with Crippen molar-refractivity contribution >= 4 is 17.9 Å². The summed E-state index contributed by atoms with van der Waals surface area (Å²) in [5, 5.41) is 0. The maximum atomic E-state index is 13.3. The molecule has 2 aromatic rings. The predicted octanol–water partition coefficient (Wildman–Crippen LogP) is 1.56. The van der Waals surface area contributed by atoms with Gasteiger partial charge in [-0.25, -0.2) is 4.79 Å². The van der Waals surface area contributed by atoms with Gasteiger partial charge in [-0.05, 0) is 17.7 Å². The van der Waals surface area contributed by atoms with Crippen LogP contribution in [0, 0.1) is 0 Å². The van der Waals surface area contributed by atoms with Crippen LogP contribution >= 0.6 is 0 Å². The highest BCUT2D eigenvalue weighted by atomic mass is 19.4. The fourth-order valence-electron chi connectivity index (χ4n) is 3.85. The summed E-state index contributed by atoms with van der Waals surface area (Å²) in [5.41, 5.74) is -3.30. The Balaban J connectivity index is 2.17. The summed E-state index contributed by atoms with van der Waals surface area (Å²) in [4.78, 5) is 60.8. The molecule has 11 nitrogen and oxygen atoms in total. The van der Waals surface area contributed by atoms with Crippen LogP contribution in [0.3, 0.4) is 0 Å². The number of alkyl halides is 3. The summed E-state index contributed by atoms with van der Waals surface area (Å²) < 4.78 is 62.5. The number of hydrogen-bond donors (Lipinski definition) is 0. The highest BCUT2D eigenvalue weighted by molar-refractivity contribution is 5.68. The predicted molar refractivity (Wildman–Crippen MR) is 118 cm³/mol. The van der Waals surface area contributed by atoms with Gasteiger partial charge in [-0.15, -0.1) is 0 Å². The van der Waals surface area contributed by atoms with Crippen LogP contribution in [0.4, 0.5) is 13.2 Å². The van der Waals surface area contributed by atoms with Crippen LogP contribution in [-0.4, -0.2) is 52.0 Å². The van der Waals surface area contributed by atoms with E-state index in [0.717, 1.165) is 56.8 Å². The molecule has 4 atom stereocenters. The molecule has 14 heteroatoms. The number of aromatic nitrogens is 2. The molecule has 3 rings (SSSR count). The van der Waals surface area contributed by atoms with Gasteiger partial charge < -0.3 is 18.9 Å². The van der Waals surface area contributed by atoms with E-state index in [1.165, 1.54) is 6.07 Å². The van der Waals surface area contributed by atoms with Gasteiger partial charge in [-0.3, -0.25) is 28.3 Å². The van der Waals surface area contributed by atoms with Crippen molar-refractivity contribution in [2.45, 2.75) is 51.5 Å². The second-order valence-electron chi connectivity index (χ2n) is 8.19. The topological polar surface area (TPSA) is 132 Å². The zero-order valence-corrected chi connectivity index (χ0v) is 20.1. The fraction of sp³-hybridized carbons (Fsp3) is 0.435. The largest absolute Gasteiger partial charge is 0.463 e. The molecule has 1 aromatic heterocycles. The number of carbonyl (C=O) groups excluding carboxylic acids is 3. The molecule has 0 saturated carbocycles. The Morgan fingerprint density at radius 3 is 2.19 bits per heavy atom. The molecule has 0 N–H and O–H groups in total. The van der Waals surface area contributed by atoms with Crippen molar-refractivity contribution in [2.24, 2.45) is 7.05 Å². The smallest absolute Gasteiger partial charge is 0.416 e. The lowest BCUT2D eigenvalue weighted by molar-refractivity contribution is -0.166. The molecular formula is C23H23F3N2O9. The summed E-state index contributed by atoms with van der Waals surface area (Å²) in [7, 11) is 1.11. The molecule has 200 valence electrons. The molecule has 0 unspecified atom stereocenters. The van der Waals surface area contributed by atoms with E-state index >= 15 is 0 Å². The van der Waals surface area contributed by atoms with Crippen LogP contribution in [-0.2, 0) is 46.6 Å². The van der Waals surface area contributed by atoms with Crippen molar-refractivity contribution in [2.75, 3.05) is 6.61 Å². The van der Waals surface area contributed by atoms with E-state index in [9.17, 15) is 37.1 Å². The third kappa shape index (κ3) is 6.07. The third-order valence-electron chi connectivity index (χ3n) is 5.43. The van der Waals surface area contributed by atoms with Crippen LogP contribution in [0.5, 0.6) is 0 Å². The Labute approximate surface area is 207 Å². The Kier molecular flexibility index (Phi) is 7.91. The van der Waals surface area contributed by atoms with Gasteiger partial charge in [0.15, 0.2) is 18.4 Å². The van der Waals surface area contributed by atoms with Crippen LogP contribution in [0.25, 0.3) is 11.1 Å². The molecule has 1 aromatic carbocycles. The fourth-order valence-corrected chi connectivity index (χ4v) is 3.85. The molecular weight excluding hydrogens is 505 g/mol. The number of carbonyl (C=O) groups is 3. The van der Waals surface area contributed by atoms with E-state index in [2.05, 4.69) is 0 Å². The maximum Gasteiger partial charge on any atom is 0.416 e. The normalized spacial score (nSPS) is 21.4. The minimum atomic E-state index is -4.69. The van der Waals surface area contributed by atoms with Crippen molar-refractivity contribution in [3.63, 3.8) is 0 Å². The van der Waals surface area contributed by atoms with Crippen molar-refractivity contribution in [3.05, 3.63) is 56.9 Å². The number of benzene rings is 1. The number of esters is 3. The summed E-state index contributed by atoms with van der Waals surface area (Å²) in [6, 6.07) is 3.93. The van der Waals surface area contributed by atoms with Gasteiger partial charge >= 0.3 is 29.8 Å². The molecule has 2 heterocycles. The third-order valence-corrected chi connectivity index (χ3v) is 5.43. The first kappa shape index (κ1) is 27.6. The Morgan fingerprint density at radius 1 is 1.00 bits per heavy atom. The van der Waals surface area contributed by atoms with Crippen molar-refractivity contribution in [1.29, 1.82) is 0 Å². The SMILES string of the molecule is CC(=O)OC[C@H]1O[C@@H](n2cc(-c3cccc(C(F)(F)F)c3)c(=O)n(C)c2=O)[C@H](OC(C)=O)[C@@H]1OC(C)=O. The lowest BCUT2D eigenvalue weighted by Gasteiger charge is -2.24. The molecule has 0 bridgehead atoms. The second kappa shape index (κ2) is 10.6. The van der Waals surface area contributed by atoms with Gasteiger partial charge in [0.1, 0.15) is 12.7 Å².